The summed E-state index contributed by atoms with van der Waals surface area (Å²) in [5.41, 5.74) is 1.32. The molecule has 0 heterocycles. The average molecular weight is 298 g/mol. The maximum absolute atomic E-state index is 12.9. The number of hydrogen-bond acceptors (Lipinski definition) is 3. The van der Waals surface area contributed by atoms with Crippen LogP contribution in [0.5, 0.6) is 0 Å². The zero-order valence-electron chi connectivity index (χ0n) is 13.2. The van der Waals surface area contributed by atoms with Crippen LogP contribution in [0, 0.1) is 11.8 Å². The van der Waals surface area contributed by atoms with Gasteiger partial charge in [-0.2, -0.15) is 0 Å². The van der Waals surface area contributed by atoms with Crippen molar-refractivity contribution < 1.29 is 14.3 Å². The van der Waals surface area contributed by atoms with Gasteiger partial charge in [0.15, 0.2) is 5.78 Å². The number of benzene rings is 1. The second-order valence-electron chi connectivity index (χ2n) is 6.19. The third kappa shape index (κ3) is 2.03. The summed E-state index contributed by atoms with van der Waals surface area (Å²) in [5, 5.41) is 0. The van der Waals surface area contributed by atoms with Crippen molar-refractivity contribution in [1.82, 2.24) is 0 Å². The van der Waals surface area contributed by atoms with Crippen molar-refractivity contribution in [2.24, 2.45) is 11.8 Å². The van der Waals surface area contributed by atoms with Crippen LogP contribution < -0.4 is 0 Å². The highest BCUT2D eigenvalue weighted by Crippen LogP contribution is 2.53. The molecule has 0 radical (unpaired) electrons. The smallest absolute Gasteiger partial charge is 0.310 e. The number of allylic oxidation sites excluding steroid dienone is 1. The zero-order chi connectivity index (χ0) is 15.7. The van der Waals surface area contributed by atoms with Gasteiger partial charge in [-0.1, -0.05) is 43.7 Å². The van der Waals surface area contributed by atoms with Crippen LogP contribution in [0.25, 0.3) is 6.08 Å². The molecular weight excluding hydrogens is 276 g/mol. The minimum absolute atomic E-state index is 0.0557. The first-order chi connectivity index (χ1) is 10.6. The van der Waals surface area contributed by atoms with Crippen molar-refractivity contribution in [3.05, 3.63) is 41.5 Å². The van der Waals surface area contributed by atoms with Crippen LogP contribution in [0.1, 0.15) is 44.2 Å². The van der Waals surface area contributed by atoms with Crippen LogP contribution in [0.3, 0.4) is 0 Å². The van der Waals surface area contributed by atoms with Gasteiger partial charge in [-0.3, -0.25) is 9.59 Å². The molecule has 0 unspecified atom stereocenters. The summed E-state index contributed by atoms with van der Waals surface area (Å²) in [5.74, 6) is -0.316. The van der Waals surface area contributed by atoms with E-state index in [0.717, 1.165) is 30.4 Å². The molecule has 1 fully saturated rings. The zero-order valence-corrected chi connectivity index (χ0v) is 13.2. The first kappa shape index (κ1) is 15.0. The minimum Gasteiger partial charge on any atom is -0.466 e. The van der Waals surface area contributed by atoms with E-state index in [1.807, 2.05) is 37.3 Å². The number of rotatable bonds is 3. The number of ether oxygens (including phenoxy) is 1. The van der Waals surface area contributed by atoms with Gasteiger partial charge < -0.3 is 4.74 Å². The van der Waals surface area contributed by atoms with Gasteiger partial charge in [-0.15, -0.1) is 0 Å². The first-order valence-corrected chi connectivity index (χ1v) is 8.13. The van der Waals surface area contributed by atoms with E-state index in [1.54, 1.807) is 6.08 Å². The van der Waals surface area contributed by atoms with Crippen LogP contribution >= 0.6 is 0 Å². The molecule has 3 rings (SSSR count). The van der Waals surface area contributed by atoms with Gasteiger partial charge in [0.25, 0.3) is 0 Å². The molecule has 0 aliphatic heterocycles. The highest BCUT2D eigenvalue weighted by Gasteiger charge is 2.58. The molecule has 0 amide bonds. The Kier molecular flexibility index (Phi) is 3.90. The summed E-state index contributed by atoms with van der Waals surface area (Å²) in [6.07, 6.45) is 6.03. The molecule has 2 aliphatic rings. The molecule has 3 nitrogen and oxygen atoms in total. The van der Waals surface area contributed by atoms with E-state index in [2.05, 4.69) is 6.92 Å². The second-order valence-corrected chi connectivity index (χ2v) is 6.19. The SMILES string of the molecule is CCOC(=O)[C@@H]1[C@@H](CC)CC[C@@]12C(=O)C=Cc1ccccc12. The quantitative estimate of drug-likeness (QED) is 0.802. The van der Waals surface area contributed by atoms with Crippen LogP contribution in [0.2, 0.25) is 0 Å². The largest absolute Gasteiger partial charge is 0.466 e. The molecule has 1 spiro atoms. The number of fused-ring (bicyclic) bond motifs is 2. The lowest BCUT2D eigenvalue weighted by Gasteiger charge is -2.37. The van der Waals surface area contributed by atoms with E-state index in [9.17, 15) is 9.59 Å². The molecule has 1 aromatic carbocycles. The van der Waals surface area contributed by atoms with Gasteiger partial charge in [0.2, 0.25) is 0 Å². The predicted molar refractivity (Wildman–Crippen MR) is 85.3 cm³/mol. The van der Waals surface area contributed by atoms with E-state index in [0.29, 0.717) is 6.61 Å². The summed E-state index contributed by atoms with van der Waals surface area (Å²) in [4.78, 5) is 25.5. The predicted octanol–water partition coefficient (Wildman–Crippen LogP) is 3.52. The molecular formula is C19H22O3. The summed E-state index contributed by atoms with van der Waals surface area (Å²) in [7, 11) is 0. The van der Waals surface area contributed by atoms with Crippen molar-refractivity contribution in [3.63, 3.8) is 0 Å². The van der Waals surface area contributed by atoms with Gasteiger partial charge in [0, 0.05) is 0 Å². The number of carbonyl (C=O) groups excluding carboxylic acids is 2. The molecule has 0 N–H and O–H groups in total. The number of hydrogen-bond donors (Lipinski definition) is 0. The summed E-state index contributed by atoms with van der Waals surface area (Å²) < 4.78 is 5.33. The standard InChI is InChI=1S/C19H22O3/c1-3-13-11-12-19(17(13)18(21)22-4-2)15-8-6-5-7-14(15)9-10-16(19)20/h5-10,13,17H,3-4,11-12H2,1-2H3/t13-,17-,19+/m0/s1. The van der Waals surface area contributed by atoms with E-state index in [4.69, 9.17) is 4.74 Å². The van der Waals surface area contributed by atoms with E-state index in [1.165, 1.54) is 0 Å². The maximum atomic E-state index is 12.9. The summed E-state index contributed by atoms with van der Waals surface area (Å²) in [6.45, 7) is 4.26. The lowest BCUT2D eigenvalue weighted by atomic mass is 9.64. The number of ketones is 1. The molecule has 3 heteroatoms. The minimum atomic E-state index is -0.724. The molecule has 0 saturated heterocycles. The Morgan fingerprint density at radius 1 is 1.27 bits per heavy atom. The fourth-order valence-electron chi connectivity index (χ4n) is 4.28. The number of carbonyl (C=O) groups is 2. The Balaban J connectivity index is 2.15. The van der Waals surface area contributed by atoms with Gasteiger partial charge >= 0.3 is 5.97 Å². The Morgan fingerprint density at radius 3 is 2.77 bits per heavy atom. The topological polar surface area (TPSA) is 43.4 Å². The average Bonchev–Trinajstić information content (AvgIpc) is 2.92. The molecule has 0 bridgehead atoms. The van der Waals surface area contributed by atoms with Crippen LogP contribution in [-0.2, 0) is 19.7 Å². The van der Waals surface area contributed by atoms with Crippen molar-refractivity contribution in [2.75, 3.05) is 6.61 Å². The molecule has 1 saturated carbocycles. The van der Waals surface area contributed by atoms with Gasteiger partial charge in [-0.05, 0) is 42.9 Å². The fourth-order valence-corrected chi connectivity index (χ4v) is 4.28. The van der Waals surface area contributed by atoms with Crippen molar-refractivity contribution >= 4 is 17.8 Å². The van der Waals surface area contributed by atoms with E-state index in [-0.39, 0.29) is 23.6 Å². The van der Waals surface area contributed by atoms with Crippen LogP contribution in [-0.4, -0.2) is 18.4 Å². The van der Waals surface area contributed by atoms with Gasteiger partial charge in [-0.25, -0.2) is 0 Å². The fraction of sp³-hybridized carbons (Fsp3) is 0.474. The van der Waals surface area contributed by atoms with Crippen LogP contribution in [0.4, 0.5) is 0 Å². The van der Waals surface area contributed by atoms with Crippen molar-refractivity contribution in [2.45, 2.75) is 38.5 Å². The summed E-state index contributed by atoms with van der Waals surface area (Å²) >= 11 is 0. The Bertz CT molecular complexity index is 631. The third-order valence-corrected chi connectivity index (χ3v) is 5.27. The van der Waals surface area contributed by atoms with E-state index >= 15 is 0 Å². The van der Waals surface area contributed by atoms with Crippen molar-refractivity contribution in [1.29, 1.82) is 0 Å². The Morgan fingerprint density at radius 2 is 2.05 bits per heavy atom. The second kappa shape index (κ2) is 5.71. The van der Waals surface area contributed by atoms with Crippen LogP contribution in [0.15, 0.2) is 30.3 Å². The van der Waals surface area contributed by atoms with Gasteiger partial charge in [0.1, 0.15) is 0 Å². The maximum Gasteiger partial charge on any atom is 0.310 e. The first-order valence-electron chi connectivity index (χ1n) is 8.13. The normalized spacial score (nSPS) is 29.6. The number of esters is 1. The highest BCUT2D eigenvalue weighted by atomic mass is 16.5. The molecule has 1 aromatic rings. The molecule has 116 valence electrons. The third-order valence-electron chi connectivity index (χ3n) is 5.27. The van der Waals surface area contributed by atoms with Gasteiger partial charge in [0.05, 0.1) is 17.9 Å². The Hall–Kier alpha value is -1.90. The lowest BCUT2D eigenvalue weighted by Crippen LogP contribution is -2.46. The molecule has 22 heavy (non-hydrogen) atoms. The van der Waals surface area contributed by atoms with Crippen molar-refractivity contribution in [3.8, 4) is 0 Å². The summed E-state index contributed by atoms with van der Waals surface area (Å²) in [6, 6.07) is 7.94. The lowest BCUT2D eigenvalue weighted by molar-refractivity contribution is -0.153. The monoisotopic (exact) mass is 298 g/mol. The molecule has 0 aromatic heterocycles. The highest BCUT2D eigenvalue weighted by molar-refractivity contribution is 6.08. The van der Waals surface area contributed by atoms with E-state index < -0.39 is 5.41 Å². The molecule has 2 aliphatic carbocycles. The molecule has 3 atom stereocenters. The Labute approximate surface area is 131 Å².